The number of rotatable bonds is 6. The standard InChI is InChI=1S/C11H16O5/c1-15-9(13)11(10(14)16-2)7-8(11)5-3-4-6-12/h6,8H,3-5,7H2,1-2H3. The van der Waals surface area contributed by atoms with Crippen molar-refractivity contribution in [1.29, 1.82) is 0 Å². The number of carbonyl (C=O) groups excluding carboxylic acids is 3. The van der Waals surface area contributed by atoms with Crippen molar-refractivity contribution in [2.75, 3.05) is 14.2 Å². The van der Waals surface area contributed by atoms with E-state index < -0.39 is 17.4 Å². The molecule has 0 aromatic carbocycles. The maximum absolute atomic E-state index is 11.5. The molecule has 0 amide bonds. The summed E-state index contributed by atoms with van der Waals surface area (Å²) in [5, 5.41) is 0. The van der Waals surface area contributed by atoms with Gasteiger partial charge in [0.25, 0.3) is 0 Å². The van der Waals surface area contributed by atoms with E-state index in [1.54, 1.807) is 0 Å². The summed E-state index contributed by atoms with van der Waals surface area (Å²) in [6.45, 7) is 0. The van der Waals surface area contributed by atoms with Crippen LogP contribution in [0.15, 0.2) is 0 Å². The van der Waals surface area contributed by atoms with Crippen LogP contribution in [0.1, 0.15) is 25.7 Å². The monoisotopic (exact) mass is 228 g/mol. The van der Waals surface area contributed by atoms with Crippen LogP contribution in [-0.2, 0) is 23.9 Å². The molecule has 0 heterocycles. The molecule has 1 atom stereocenters. The lowest BCUT2D eigenvalue weighted by Crippen LogP contribution is -2.30. The zero-order valence-corrected chi connectivity index (χ0v) is 9.52. The minimum atomic E-state index is -1.10. The Bertz CT molecular complexity index is 281. The molecule has 5 heteroatoms. The highest BCUT2D eigenvalue weighted by Crippen LogP contribution is 2.56. The molecule has 1 saturated carbocycles. The number of carbonyl (C=O) groups is 3. The topological polar surface area (TPSA) is 69.7 Å². The van der Waals surface area contributed by atoms with E-state index in [2.05, 4.69) is 9.47 Å². The second kappa shape index (κ2) is 5.09. The first kappa shape index (κ1) is 12.7. The molecule has 0 N–H and O–H groups in total. The van der Waals surface area contributed by atoms with Crippen LogP contribution in [0.2, 0.25) is 0 Å². The number of unbranched alkanes of at least 4 members (excludes halogenated alkanes) is 1. The van der Waals surface area contributed by atoms with E-state index in [0.29, 0.717) is 25.7 Å². The zero-order chi connectivity index (χ0) is 12.2. The molecule has 1 unspecified atom stereocenters. The van der Waals surface area contributed by atoms with Crippen molar-refractivity contribution in [3.05, 3.63) is 0 Å². The Balaban J connectivity index is 2.61. The summed E-state index contributed by atoms with van der Waals surface area (Å²) in [5.41, 5.74) is -1.10. The first-order chi connectivity index (χ1) is 7.63. The number of esters is 2. The van der Waals surface area contributed by atoms with Crippen molar-refractivity contribution in [3.63, 3.8) is 0 Å². The van der Waals surface area contributed by atoms with Crippen molar-refractivity contribution >= 4 is 18.2 Å². The summed E-state index contributed by atoms with van der Waals surface area (Å²) in [6.07, 6.45) is 3.10. The molecule has 90 valence electrons. The van der Waals surface area contributed by atoms with Gasteiger partial charge in [-0.15, -0.1) is 0 Å². The van der Waals surface area contributed by atoms with Crippen molar-refractivity contribution in [2.24, 2.45) is 11.3 Å². The predicted molar refractivity (Wildman–Crippen MR) is 54.5 cm³/mol. The third kappa shape index (κ3) is 2.08. The molecule has 0 spiro atoms. The smallest absolute Gasteiger partial charge is 0.323 e. The normalized spacial score (nSPS) is 21.0. The first-order valence-electron chi connectivity index (χ1n) is 5.24. The molecule has 0 radical (unpaired) electrons. The second-order valence-corrected chi connectivity index (χ2v) is 3.95. The second-order valence-electron chi connectivity index (χ2n) is 3.95. The lowest BCUT2D eigenvalue weighted by molar-refractivity contribution is -0.162. The molecule has 0 saturated heterocycles. The molecule has 1 fully saturated rings. The van der Waals surface area contributed by atoms with Crippen LogP contribution in [0.4, 0.5) is 0 Å². The minimum Gasteiger partial charge on any atom is -0.468 e. The highest BCUT2D eigenvalue weighted by Gasteiger charge is 2.67. The van der Waals surface area contributed by atoms with Crippen LogP contribution in [0.3, 0.4) is 0 Å². The summed E-state index contributed by atoms with van der Waals surface area (Å²) in [6, 6.07) is 0. The summed E-state index contributed by atoms with van der Waals surface area (Å²) >= 11 is 0. The van der Waals surface area contributed by atoms with Gasteiger partial charge in [0.2, 0.25) is 0 Å². The lowest BCUT2D eigenvalue weighted by Gasteiger charge is -2.11. The Labute approximate surface area is 94.1 Å². The van der Waals surface area contributed by atoms with Gasteiger partial charge in [0.05, 0.1) is 14.2 Å². The summed E-state index contributed by atoms with van der Waals surface area (Å²) < 4.78 is 9.26. The Hall–Kier alpha value is -1.39. The van der Waals surface area contributed by atoms with Crippen molar-refractivity contribution in [2.45, 2.75) is 25.7 Å². The van der Waals surface area contributed by atoms with Gasteiger partial charge in [-0.1, -0.05) is 0 Å². The van der Waals surface area contributed by atoms with Crippen molar-refractivity contribution in [1.82, 2.24) is 0 Å². The molecule has 0 aromatic heterocycles. The largest absolute Gasteiger partial charge is 0.468 e. The number of ether oxygens (including phenoxy) is 2. The summed E-state index contributed by atoms with van der Waals surface area (Å²) in [5.74, 6) is -1.11. The SMILES string of the molecule is COC(=O)C1(C(=O)OC)CC1CCCC=O. The van der Waals surface area contributed by atoms with Gasteiger partial charge in [-0.3, -0.25) is 9.59 Å². The van der Waals surface area contributed by atoms with E-state index in [1.165, 1.54) is 14.2 Å². The molecular formula is C11H16O5. The van der Waals surface area contributed by atoms with Gasteiger partial charge in [-0.05, 0) is 25.2 Å². The van der Waals surface area contributed by atoms with Gasteiger partial charge in [0.1, 0.15) is 6.29 Å². The molecular weight excluding hydrogens is 212 g/mol. The zero-order valence-electron chi connectivity index (χ0n) is 9.52. The maximum Gasteiger partial charge on any atom is 0.323 e. The average Bonchev–Trinajstić information content (AvgIpc) is 3.03. The Morgan fingerprint density at radius 2 is 1.88 bits per heavy atom. The molecule has 0 aliphatic heterocycles. The number of aldehydes is 1. The minimum absolute atomic E-state index is 0.0488. The van der Waals surface area contributed by atoms with Gasteiger partial charge in [0.15, 0.2) is 5.41 Å². The molecule has 0 bridgehead atoms. The Morgan fingerprint density at radius 1 is 1.31 bits per heavy atom. The van der Waals surface area contributed by atoms with Gasteiger partial charge in [-0.25, -0.2) is 0 Å². The first-order valence-corrected chi connectivity index (χ1v) is 5.24. The van der Waals surface area contributed by atoms with Crippen LogP contribution < -0.4 is 0 Å². The maximum atomic E-state index is 11.5. The van der Waals surface area contributed by atoms with Crippen LogP contribution in [0.5, 0.6) is 0 Å². The van der Waals surface area contributed by atoms with E-state index in [-0.39, 0.29) is 5.92 Å². The third-order valence-electron chi connectivity index (χ3n) is 3.08. The molecule has 1 aliphatic rings. The van der Waals surface area contributed by atoms with Crippen molar-refractivity contribution < 1.29 is 23.9 Å². The van der Waals surface area contributed by atoms with Gasteiger partial charge in [0, 0.05) is 6.42 Å². The molecule has 1 aliphatic carbocycles. The lowest BCUT2D eigenvalue weighted by atomic mass is 10.0. The fourth-order valence-corrected chi connectivity index (χ4v) is 2.07. The van der Waals surface area contributed by atoms with E-state index in [9.17, 15) is 14.4 Å². The highest BCUT2D eigenvalue weighted by atomic mass is 16.5. The summed E-state index contributed by atoms with van der Waals surface area (Å²) in [7, 11) is 2.52. The van der Waals surface area contributed by atoms with Crippen molar-refractivity contribution in [3.8, 4) is 0 Å². The van der Waals surface area contributed by atoms with E-state index in [4.69, 9.17) is 0 Å². The average molecular weight is 228 g/mol. The van der Waals surface area contributed by atoms with Crippen LogP contribution in [0, 0.1) is 11.3 Å². The number of hydrogen-bond donors (Lipinski definition) is 0. The Kier molecular flexibility index (Phi) is 4.04. The molecule has 5 nitrogen and oxygen atoms in total. The van der Waals surface area contributed by atoms with E-state index in [1.807, 2.05) is 0 Å². The fourth-order valence-electron chi connectivity index (χ4n) is 2.07. The van der Waals surface area contributed by atoms with Crippen LogP contribution in [-0.4, -0.2) is 32.4 Å². The highest BCUT2D eigenvalue weighted by molar-refractivity contribution is 6.03. The van der Waals surface area contributed by atoms with Gasteiger partial charge >= 0.3 is 11.9 Å². The quantitative estimate of drug-likeness (QED) is 0.290. The molecule has 1 rings (SSSR count). The van der Waals surface area contributed by atoms with Crippen LogP contribution >= 0.6 is 0 Å². The van der Waals surface area contributed by atoms with Gasteiger partial charge in [-0.2, -0.15) is 0 Å². The van der Waals surface area contributed by atoms with E-state index in [0.717, 1.165) is 6.29 Å². The number of hydrogen-bond acceptors (Lipinski definition) is 5. The molecule has 16 heavy (non-hydrogen) atoms. The third-order valence-corrected chi connectivity index (χ3v) is 3.08. The van der Waals surface area contributed by atoms with Gasteiger partial charge < -0.3 is 14.3 Å². The van der Waals surface area contributed by atoms with E-state index >= 15 is 0 Å². The van der Waals surface area contributed by atoms with Crippen LogP contribution in [0.25, 0.3) is 0 Å². The Morgan fingerprint density at radius 3 is 2.31 bits per heavy atom. The summed E-state index contributed by atoms with van der Waals surface area (Å²) in [4.78, 5) is 33.3. The predicted octanol–water partition coefficient (Wildman–Crippen LogP) is 0.708. The molecule has 0 aromatic rings. The fraction of sp³-hybridized carbons (Fsp3) is 0.727. The number of methoxy groups -OCH3 is 2.